The van der Waals surface area contributed by atoms with Crippen LogP contribution in [0.4, 0.5) is 4.39 Å². The Morgan fingerprint density at radius 3 is 2.40 bits per heavy atom. The molecule has 2 aromatic carbocycles. The number of hydrogen-bond acceptors (Lipinski definition) is 5. The van der Waals surface area contributed by atoms with Crippen LogP contribution in [0.3, 0.4) is 0 Å². The van der Waals surface area contributed by atoms with Crippen molar-refractivity contribution >= 4 is 17.4 Å². The molecule has 2 heterocycles. The maximum absolute atomic E-state index is 15.0. The van der Waals surface area contributed by atoms with Gasteiger partial charge in [-0.1, -0.05) is 39.0 Å². The lowest BCUT2D eigenvalue weighted by molar-refractivity contribution is -0.140. The van der Waals surface area contributed by atoms with Gasteiger partial charge in [0, 0.05) is 35.6 Å². The fraction of sp³-hybridized carbons (Fsp3) is 0.250. The number of hydrogen-bond donors (Lipinski definition) is 1. The Kier molecular flexibility index (Phi) is 6.43. The predicted octanol–water partition coefficient (Wildman–Crippen LogP) is 5.15. The first-order valence-electron chi connectivity index (χ1n) is 11.2. The predicted molar refractivity (Wildman–Crippen MR) is 130 cm³/mol. The number of rotatable bonds is 5. The van der Waals surface area contributed by atoms with E-state index in [9.17, 15) is 19.1 Å². The molecule has 6 nitrogen and oxygen atoms in total. The first-order chi connectivity index (χ1) is 16.6. The monoisotopic (exact) mass is 474 g/mol. The molecule has 0 radical (unpaired) electrons. The van der Waals surface area contributed by atoms with Crippen molar-refractivity contribution in [2.75, 3.05) is 7.11 Å². The van der Waals surface area contributed by atoms with Gasteiger partial charge in [0.25, 0.3) is 11.7 Å². The Morgan fingerprint density at radius 1 is 1.09 bits per heavy atom. The summed E-state index contributed by atoms with van der Waals surface area (Å²) in [5.74, 6) is -1.96. The van der Waals surface area contributed by atoms with E-state index in [4.69, 9.17) is 4.74 Å². The zero-order valence-electron chi connectivity index (χ0n) is 20.1. The van der Waals surface area contributed by atoms with Crippen LogP contribution in [0.1, 0.15) is 49.1 Å². The van der Waals surface area contributed by atoms with Crippen LogP contribution in [-0.4, -0.2) is 33.8 Å². The summed E-state index contributed by atoms with van der Waals surface area (Å²) in [5, 5.41) is 11.4. The Morgan fingerprint density at radius 2 is 1.77 bits per heavy atom. The highest BCUT2D eigenvalue weighted by Gasteiger charge is 2.47. The standard InChI is InChI=1S/C28H27FN2O4/c1-28(2,3)20-15-18(9-10-22(20)35-4)25(32)23-24(19-7-5-6-8-21(19)29)31(27(34)26(23)33)16-17-11-13-30-14-12-17/h5-15,24,32H,16H2,1-4H3/b25-23+. The molecule has 1 aromatic heterocycles. The number of ketones is 1. The normalized spacial score (nSPS) is 17.6. The third kappa shape index (κ3) is 4.54. The van der Waals surface area contributed by atoms with Gasteiger partial charge in [0.1, 0.15) is 17.3 Å². The molecular weight excluding hydrogens is 447 g/mol. The maximum Gasteiger partial charge on any atom is 0.295 e. The fourth-order valence-electron chi connectivity index (χ4n) is 4.35. The second-order valence-electron chi connectivity index (χ2n) is 9.47. The molecular formula is C28H27FN2O4. The molecule has 7 heteroatoms. The van der Waals surface area contributed by atoms with Crippen molar-refractivity contribution in [1.82, 2.24) is 9.88 Å². The number of pyridine rings is 1. The second-order valence-corrected chi connectivity index (χ2v) is 9.47. The zero-order valence-corrected chi connectivity index (χ0v) is 20.1. The van der Waals surface area contributed by atoms with E-state index < -0.39 is 23.5 Å². The highest BCUT2D eigenvalue weighted by atomic mass is 19.1. The Bertz CT molecular complexity index is 1310. The summed E-state index contributed by atoms with van der Waals surface area (Å²) in [7, 11) is 1.56. The minimum Gasteiger partial charge on any atom is -0.507 e. The lowest BCUT2D eigenvalue weighted by Gasteiger charge is -2.26. The average Bonchev–Trinajstić information content (AvgIpc) is 3.08. The van der Waals surface area contributed by atoms with Crippen molar-refractivity contribution in [2.45, 2.75) is 38.8 Å². The first-order valence-corrected chi connectivity index (χ1v) is 11.2. The highest BCUT2D eigenvalue weighted by Crippen LogP contribution is 2.42. The van der Waals surface area contributed by atoms with Gasteiger partial charge >= 0.3 is 0 Å². The van der Waals surface area contributed by atoms with Gasteiger partial charge in [-0.3, -0.25) is 14.6 Å². The zero-order chi connectivity index (χ0) is 25.3. The van der Waals surface area contributed by atoms with Gasteiger partial charge in [0.2, 0.25) is 0 Å². The van der Waals surface area contributed by atoms with Crippen molar-refractivity contribution in [1.29, 1.82) is 0 Å². The van der Waals surface area contributed by atoms with E-state index in [-0.39, 0.29) is 28.9 Å². The summed E-state index contributed by atoms with van der Waals surface area (Å²) in [6.45, 7) is 6.06. The maximum atomic E-state index is 15.0. The van der Waals surface area contributed by atoms with E-state index in [2.05, 4.69) is 4.98 Å². The minimum atomic E-state index is -1.09. The third-order valence-electron chi connectivity index (χ3n) is 6.12. The van der Waals surface area contributed by atoms with E-state index in [0.717, 1.165) is 11.1 Å². The molecule has 1 unspecified atom stereocenters. The number of carbonyl (C=O) groups excluding carboxylic acids is 2. The summed E-state index contributed by atoms with van der Waals surface area (Å²) in [5.41, 5.74) is 1.55. The molecule has 180 valence electrons. The van der Waals surface area contributed by atoms with E-state index in [1.807, 2.05) is 20.8 Å². The second kappa shape index (κ2) is 9.33. The van der Waals surface area contributed by atoms with Crippen molar-refractivity contribution in [2.24, 2.45) is 0 Å². The minimum absolute atomic E-state index is 0.0543. The summed E-state index contributed by atoms with van der Waals surface area (Å²) >= 11 is 0. The molecule has 1 fully saturated rings. The molecule has 0 spiro atoms. The van der Waals surface area contributed by atoms with Crippen LogP contribution < -0.4 is 4.74 Å². The van der Waals surface area contributed by atoms with Gasteiger partial charge in [0.05, 0.1) is 18.7 Å². The van der Waals surface area contributed by atoms with Gasteiger partial charge in [-0.15, -0.1) is 0 Å². The SMILES string of the molecule is COc1ccc(/C(O)=C2\C(=O)C(=O)N(Cc3ccncc3)C2c2ccccc2F)cc1C(C)(C)C. The molecule has 0 aliphatic carbocycles. The molecule has 1 saturated heterocycles. The quantitative estimate of drug-likeness (QED) is 0.314. The molecule has 1 aliphatic rings. The number of nitrogens with zero attached hydrogens (tertiary/aromatic N) is 2. The van der Waals surface area contributed by atoms with Crippen LogP contribution in [0.5, 0.6) is 5.75 Å². The molecule has 0 bridgehead atoms. The van der Waals surface area contributed by atoms with Crippen LogP contribution in [-0.2, 0) is 21.5 Å². The fourth-order valence-corrected chi connectivity index (χ4v) is 4.35. The van der Waals surface area contributed by atoms with Crippen molar-refractivity contribution in [3.63, 3.8) is 0 Å². The van der Waals surface area contributed by atoms with Gasteiger partial charge in [-0.25, -0.2) is 4.39 Å². The van der Waals surface area contributed by atoms with Crippen LogP contribution in [0, 0.1) is 5.82 Å². The van der Waals surface area contributed by atoms with Crippen LogP contribution >= 0.6 is 0 Å². The van der Waals surface area contributed by atoms with Gasteiger partial charge in [-0.05, 0) is 47.4 Å². The smallest absolute Gasteiger partial charge is 0.295 e. The van der Waals surface area contributed by atoms with Crippen molar-refractivity contribution < 1.29 is 23.8 Å². The van der Waals surface area contributed by atoms with Crippen LogP contribution in [0.25, 0.3) is 5.76 Å². The largest absolute Gasteiger partial charge is 0.507 e. The summed E-state index contributed by atoms with van der Waals surface area (Å²) < 4.78 is 20.5. The molecule has 1 aliphatic heterocycles. The van der Waals surface area contributed by atoms with E-state index in [0.29, 0.717) is 11.3 Å². The number of amides is 1. The number of methoxy groups -OCH3 is 1. The first kappa shape index (κ1) is 24.1. The Labute approximate surface area is 203 Å². The Hall–Kier alpha value is -4.00. The molecule has 35 heavy (non-hydrogen) atoms. The number of benzene rings is 2. The van der Waals surface area contributed by atoms with Crippen LogP contribution in [0.15, 0.2) is 72.6 Å². The average molecular weight is 475 g/mol. The molecule has 1 N–H and O–H groups in total. The molecule has 0 saturated carbocycles. The van der Waals surface area contributed by atoms with Gasteiger partial charge < -0.3 is 14.7 Å². The Balaban J connectivity index is 1.91. The van der Waals surface area contributed by atoms with Gasteiger partial charge in [-0.2, -0.15) is 0 Å². The number of aliphatic hydroxyl groups excluding tert-OH is 1. The third-order valence-corrected chi connectivity index (χ3v) is 6.12. The van der Waals surface area contributed by atoms with E-state index in [1.54, 1.807) is 55.9 Å². The van der Waals surface area contributed by atoms with E-state index >= 15 is 0 Å². The molecule has 1 atom stereocenters. The molecule has 4 rings (SSSR count). The van der Waals surface area contributed by atoms with E-state index in [1.165, 1.54) is 23.1 Å². The van der Waals surface area contributed by atoms with Crippen molar-refractivity contribution in [3.05, 3.63) is 101 Å². The summed E-state index contributed by atoms with van der Waals surface area (Å²) in [4.78, 5) is 31.7. The number of ether oxygens (including phenoxy) is 1. The molecule has 1 amide bonds. The van der Waals surface area contributed by atoms with Crippen LogP contribution in [0.2, 0.25) is 0 Å². The highest BCUT2D eigenvalue weighted by molar-refractivity contribution is 6.46. The van der Waals surface area contributed by atoms with Crippen molar-refractivity contribution in [3.8, 4) is 5.75 Å². The summed E-state index contributed by atoms with van der Waals surface area (Å²) in [6, 6.07) is 13.4. The number of carbonyl (C=O) groups is 2. The number of aromatic nitrogens is 1. The molecule has 3 aromatic rings. The lowest BCUT2D eigenvalue weighted by Crippen LogP contribution is -2.29. The van der Waals surface area contributed by atoms with Gasteiger partial charge in [0.15, 0.2) is 0 Å². The lowest BCUT2D eigenvalue weighted by atomic mass is 9.84. The topological polar surface area (TPSA) is 79.7 Å². The summed E-state index contributed by atoms with van der Waals surface area (Å²) in [6.07, 6.45) is 3.16. The number of Topliss-reactive ketones (excluding diaryl/α,β-unsaturated/α-hetero) is 1. The number of halogens is 1. The number of likely N-dealkylation sites (tertiary alicyclic amines) is 1. The number of aliphatic hydroxyl groups is 1.